The van der Waals surface area contributed by atoms with E-state index in [1.807, 2.05) is 67.6 Å². The summed E-state index contributed by atoms with van der Waals surface area (Å²) in [5, 5.41) is 8.07. The first-order valence-electron chi connectivity index (χ1n) is 16.2. The van der Waals surface area contributed by atoms with Crippen molar-refractivity contribution in [2.45, 2.75) is 47.6 Å². The number of hydrogen-bond acceptors (Lipinski definition) is 11. The monoisotopic (exact) mass is 737 g/mol. The fraction of sp³-hybridized carbons (Fsp3) is 0.719. The van der Waals surface area contributed by atoms with E-state index in [-0.39, 0.29) is 49.7 Å². The van der Waals surface area contributed by atoms with Crippen molar-refractivity contribution in [1.29, 1.82) is 0 Å². The van der Waals surface area contributed by atoms with E-state index in [0.717, 1.165) is 12.8 Å². The Balaban J connectivity index is -0.000000122. The van der Waals surface area contributed by atoms with Gasteiger partial charge in [-0.3, -0.25) is 38.4 Å². The maximum Gasteiger partial charge on any atom is 0.241 e. The maximum atomic E-state index is 11.1. The molecule has 5 N–H and O–H groups in total. The number of amides is 8. The van der Waals surface area contributed by atoms with Gasteiger partial charge in [-0.1, -0.05) is 13.8 Å². The summed E-state index contributed by atoms with van der Waals surface area (Å²) in [4.78, 5) is 101. The van der Waals surface area contributed by atoms with Crippen LogP contribution in [-0.4, -0.2) is 199 Å². The third kappa shape index (κ3) is 55.0. The molecule has 0 aliphatic heterocycles. The van der Waals surface area contributed by atoms with Crippen LogP contribution in [0.15, 0.2) is 0 Å². The normalized spacial score (nSPS) is 8.84. The number of nitrogens with two attached hydrogens (primary N) is 1. The van der Waals surface area contributed by atoms with Gasteiger partial charge in [0.25, 0.3) is 0 Å². The largest absolute Gasteiger partial charge is 0.372 e. The fourth-order valence-electron chi connectivity index (χ4n) is 2.43. The zero-order chi connectivity index (χ0) is 41.4. The van der Waals surface area contributed by atoms with E-state index in [2.05, 4.69) is 21.7 Å². The van der Waals surface area contributed by atoms with Crippen molar-refractivity contribution in [3.8, 4) is 0 Å². The van der Waals surface area contributed by atoms with Crippen LogP contribution in [0, 0.1) is 0 Å². The minimum atomic E-state index is -0.128. The van der Waals surface area contributed by atoms with E-state index in [0.29, 0.717) is 58.0 Å². The number of primary amides is 1. The Labute approximate surface area is 305 Å². The molecule has 19 nitrogen and oxygen atoms in total. The number of nitrogens with one attached hydrogen (secondary N) is 3. The molecule has 0 saturated heterocycles. The Morgan fingerprint density at radius 2 is 0.902 bits per heavy atom. The molecule has 0 aromatic rings. The van der Waals surface area contributed by atoms with Crippen molar-refractivity contribution in [1.82, 2.24) is 45.3 Å². The Hall–Kier alpha value is -4.65. The molecule has 0 fully saturated rings. The number of likely N-dealkylation sites (N-methyl/N-ethyl adjacent to an activating group) is 8. The molecule has 51 heavy (non-hydrogen) atoms. The van der Waals surface area contributed by atoms with Crippen molar-refractivity contribution in [3.05, 3.63) is 0 Å². The molecular weight excluding hydrogens is 668 g/mol. The minimum absolute atomic E-state index is 0.0397. The smallest absolute Gasteiger partial charge is 0.241 e. The number of carbonyl (C=O) groups is 9. The van der Waals surface area contributed by atoms with Gasteiger partial charge in [-0.05, 0) is 41.8 Å². The van der Waals surface area contributed by atoms with E-state index in [1.54, 1.807) is 38.0 Å². The average molecular weight is 737 g/mol. The molecule has 0 spiro atoms. The number of carbonyl (C=O) groups excluding carboxylic acids is 9. The molecular formula is C32H68N10O9. The molecule has 0 heterocycles. The third-order valence-electron chi connectivity index (χ3n) is 5.32. The van der Waals surface area contributed by atoms with Gasteiger partial charge < -0.3 is 55.9 Å². The molecule has 0 aliphatic rings. The molecule has 0 atom stereocenters. The lowest BCUT2D eigenvalue weighted by molar-refractivity contribution is -0.133. The summed E-state index contributed by atoms with van der Waals surface area (Å²) in [5.74, 6) is -0.121. The Kier molecular flexibility index (Phi) is 49.8. The van der Waals surface area contributed by atoms with Gasteiger partial charge in [0.05, 0.1) is 32.7 Å². The predicted octanol–water partition coefficient (Wildman–Crippen LogP) is -2.71. The fourth-order valence-corrected chi connectivity index (χ4v) is 2.43. The molecule has 0 bridgehead atoms. The lowest BCUT2D eigenvalue weighted by Gasteiger charge is -2.17. The molecule has 0 aliphatic carbocycles. The predicted molar refractivity (Wildman–Crippen MR) is 198 cm³/mol. The molecule has 0 saturated carbocycles. The van der Waals surface area contributed by atoms with Gasteiger partial charge in [-0.2, -0.15) is 0 Å². The van der Waals surface area contributed by atoms with Gasteiger partial charge >= 0.3 is 0 Å². The van der Waals surface area contributed by atoms with Crippen LogP contribution in [0.25, 0.3) is 0 Å². The van der Waals surface area contributed by atoms with Crippen LogP contribution in [0.3, 0.4) is 0 Å². The summed E-state index contributed by atoms with van der Waals surface area (Å²) < 4.78 is 0. The van der Waals surface area contributed by atoms with Crippen molar-refractivity contribution in [2.75, 3.05) is 108 Å². The van der Waals surface area contributed by atoms with Crippen molar-refractivity contribution < 1.29 is 43.2 Å². The van der Waals surface area contributed by atoms with Gasteiger partial charge in [0, 0.05) is 67.5 Å². The van der Waals surface area contributed by atoms with Crippen molar-refractivity contribution >= 4 is 55.6 Å². The second-order valence-corrected chi connectivity index (χ2v) is 10.9. The summed E-state index contributed by atoms with van der Waals surface area (Å²) in [6, 6.07) is 0.421. The molecule has 0 aromatic heterocycles. The second kappa shape index (κ2) is 43.4. The standard InChI is InChI=1S/C7H14N2O2.C7H16N2O.2C6H12N2O2.C5H11NO.CH3NO/c1-4-9(3)7(11)5-8(2)6-10;1-5-9(4)7(10)6-8(2)3;2*1-3-7-6(10)4-8(2)5-9;1-5(2)6-3-4-7;2-1-3/h6H,4-5H2,1-3H3;5-6H2,1-4H3;2*5H,3-4H2,1-2H3,(H,7,10);4-6H,3H2,1-2H3;1H,(H2,2,3). The van der Waals surface area contributed by atoms with Crippen LogP contribution in [0.1, 0.15) is 41.5 Å². The van der Waals surface area contributed by atoms with Crippen molar-refractivity contribution in [3.63, 3.8) is 0 Å². The van der Waals surface area contributed by atoms with Gasteiger partial charge in [0.2, 0.25) is 49.3 Å². The highest BCUT2D eigenvalue weighted by Gasteiger charge is 2.08. The molecule has 0 unspecified atom stereocenters. The second-order valence-electron chi connectivity index (χ2n) is 10.9. The van der Waals surface area contributed by atoms with Gasteiger partial charge in [-0.25, -0.2) is 0 Å². The number of nitrogens with zero attached hydrogens (tertiary/aromatic N) is 6. The van der Waals surface area contributed by atoms with Gasteiger partial charge in [0.1, 0.15) is 6.29 Å². The lowest BCUT2D eigenvalue weighted by atomic mass is 10.4. The first-order chi connectivity index (χ1) is 23.8. The van der Waals surface area contributed by atoms with Crippen LogP contribution < -0.4 is 21.7 Å². The zero-order valence-electron chi connectivity index (χ0n) is 33.3. The number of aldehydes is 1. The quantitative estimate of drug-likeness (QED) is 0.106. The van der Waals surface area contributed by atoms with Crippen LogP contribution in [0.4, 0.5) is 0 Å². The molecule has 8 amide bonds. The summed E-state index contributed by atoms with van der Waals surface area (Å²) in [6.07, 6.45) is 2.99. The maximum absolute atomic E-state index is 11.1. The molecule has 300 valence electrons. The molecule has 0 rings (SSSR count). The summed E-state index contributed by atoms with van der Waals surface area (Å²) in [6.45, 7) is 15.6. The molecule has 0 radical (unpaired) electrons. The molecule has 19 heteroatoms. The zero-order valence-corrected chi connectivity index (χ0v) is 33.3. The first-order valence-corrected chi connectivity index (χ1v) is 16.2. The SMILES string of the molecule is CC(C)NCC=O.CCN(C)C(=O)CN(C)C.CCN(C)C(=O)CN(C)C=O.CCNC(=O)CN(C)C=O.CCNC(=O)CN(C)C=O.NC=O. The topological polar surface area (TPSA) is 235 Å². The van der Waals surface area contributed by atoms with Gasteiger partial charge in [-0.15, -0.1) is 0 Å². The number of rotatable bonds is 18. The Bertz CT molecular complexity index is 896. The van der Waals surface area contributed by atoms with Crippen LogP contribution in [0.5, 0.6) is 0 Å². The highest BCUT2D eigenvalue weighted by Crippen LogP contribution is 1.86. The van der Waals surface area contributed by atoms with Crippen LogP contribution in [0.2, 0.25) is 0 Å². The van der Waals surface area contributed by atoms with E-state index >= 15 is 0 Å². The van der Waals surface area contributed by atoms with Crippen molar-refractivity contribution in [2.24, 2.45) is 5.73 Å². The molecule has 0 aromatic carbocycles. The third-order valence-corrected chi connectivity index (χ3v) is 5.32. The van der Waals surface area contributed by atoms with E-state index in [1.165, 1.54) is 14.7 Å². The Morgan fingerprint density at radius 1 is 0.588 bits per heavy atom. The summed E-state index contributed by atoms with van der Waals surface area (Å²) >= 11 is 0. The average Bonchev–Trinajstić information content (AvgIpc) is 3.07. The highest BCUT2D eigenvalue weighted by atomic mass is 16.2. The Morgan fingerprint density at radius 3 is 1.12 bits per heavy atom. The first kappa shape index (κ1) is 58.5. The summed E-state index contributed by atoms with van der Waals surface area (Å²) in [5.41, 5.74) is 4.17. The lowest BCUT2D eigenvalue weighted by Crippen LogP contribution is -2.35. The van der Waals surface area contributed by atoms with E-state index in [4.69, 9.17) is 4.79 Å². The highest BCUT2D eigenvalue weighted by molar-refractivity contribution is 5.80. The number of hydrogen-bond donors (Lipinski definition) is 4. The van der Waals surface area contributed by atoms with Crippen LogP contribution in [-0.2, 0) is 43.2 Å². The van der Waals surface area contributed by atoms with Gasteiger partial charge in [0.15, 0.2) is 0 Å². The minimum Gasteiger partial charge on any atom is -0.372 e. The van der Waals surface area contributed by atoms with Crippen LogP contribution >= 0.6 is 0 Å². The summed E-state index contributed by atoms with van der Waals surface area (Å²) in [7, 11) is 12.0. The van der Waals surface area contributed by atoms with E-state index in [9.17, 15) is 38.4 Å². The van der Waals surface area contributed by atoms with E-state index < -0.39 is 0 Å².